The average molecular weight is 341 g/mol. The van der Waals surface area contributed by atoms with E-state index in [9.17, 15) is 5.26 Å². The molecule has 0 saturated heterocycles. The van der Waals surface area contributed by atoms with Gasteiger partial charge in [0.05, 0.1) is 18.5 Å². The van der Waals surface area contributed by atoms with Crippen molar-refractivity contribution in [1.82, 2.24) is 14.6 Å². The number of benzene rings is 2. The summed E-state index contributed by atoms with van der Waals surface area (Å²) in [6.45, 7) is 0. The van der Waals surface area contributed by atoms with Crippen LogP contribution in [0.15, 0.2) is 60.7 Å². The molecular weight excluding hydrogens is 326 g/mol. The van der Waals surface area contributed by atoms with Crippen LogP contribution in [0.4, 0.5) is 5.82 Å². The quantitative estimate of drug-likeness (QED) is 0.616. The van der Waals surface area contributed by atoms with Crippen molar-refractivity contribution in [3.63, 3.8) is 0 Å². The summed E-state index contributed by atoms with van der Waals surface area (Å²) in [6, 6.07) is 21.2. The topological polar surface area (TPSA) is 89.2 Å². The van der Waals surface area contributed by atoms with Gasteiger partial charge in [0.1, 0.15) is 23.2 Å². The van der Waals surface area contributed by atoms with Crippen LogP contribution >= 0.6 is 0 Å². The van der Waals surface area contributed by atoms with E-state index in [0.717, 1.165) is 22.6 Å². The zero-order chi connectivity index (χ0) is 18.1. The molecule has 0 amide bonds. The van der Waals surface area contributed by atoms with Gasteiger partial charge in [0.15, 0.2) is 5.65 Å². The van der Waals surface area contributed by atoms with Crippen molar-refractivity contribution in [3.8, 4) is 34.3 Å². The Morgan fingerprint density at radius 2 is 1.77 bits per heavy atom. The fourth-order valence-electron chi connectivity index (χ4n) is 2.90. The highest BCUT2D eigenvalue weighted by Crippen LogP contribution is 2.30. The van der Waals surface area contributed by atoms with E-state index in [2.05, 4.69) is 16.2 Å². The molecule has 0 radical (unpaired) electrons. The number of nitrogens with two attached hydrogens (primary N) is 1. The smallest absolute Gasteiger partial charge is 0.158 e. The predicted octanol–water partition coefficient (Wildman–Crippen LogP) is 3.53. The summed E-state index contributed by atoms with van der Waals surface area (Å²) in [7, 11) is 1.61. The van der Waals surface area contributed by atoms with Gasteiger partial charge >= 0.3 is 0 Å². The van der Waals surface area contributed by atoms with Crippen LogP contribution in [-0.4, -0.2) is 21.7 Å². The molecule has 0 aliphatic heterocycles. The van der Waals surface area contributed by atoms with E-state index in [4.69, 9.17) is 10.5 Å². The molecule has 2 heterocycles. The lowest BCUT2D eigenvalue weighted by molar-refractivity contribution is 0.415. The lowest BCUT2D eigenvalue weighted by Crippen LogP contribution is -2.05. The SMILES string of the molecule is COc1ccc(-c2c(C#N)c(N)nc3cc(-c4ccccc4)nn23)cc1. The molecule has 0 atom stereocenters. The number of anilines is 1. The molecule has 0 saturated carbocycles. The Hall–Kier alpha value is -3.85. The van der Waals surface area contributed by atoms with Crippen LogP contribution in [0.2, 0.25) is 0 Å². The Labute approximate surface area is 150 Å². The molecule has 0 aliphatic rings. The number of hydrogen-bond donors (Lipinski definition) is 1. The Kier molecular flexibility index (Phi) is 3.75. The summed E-state index contributed by atoms with van der Waals surface area (Å²) in [4.78, 5) is 4.34. The molecule has 126 valence electrons. The summed E-state index contributed by atoms with van der Waals surface area (Å²) in [5.74, 6) is 0.918. The third-order valence-corrected chi connectivity index (χ3v) is 4.18. The molecule has 0 spiro atoms. The highest BCUT2D eigenvalue weighted by Gasteiger charge is 2.18. The third kappa shape index (κ3) is 2.52. The van der Waals surface area contributed by atoms with Crippen LogP contribution in [0.25, 0.3) is 28.2 Å². The summed E-state index contributed by atoms with van der Waals surface area (Å²) < 4.78 is 6.88. The average Bonchev–Trinajstić information content (AvgIpc) is 3.11. The summed E-state index contributed by atoms with van der Waals surface area (Å²) in [5.41, 5.74) is 10.1. The molecule has 4 rings (SSSR count). The van der Waals surface area contributed by atoms with Gasteiger partial charge in [0.25, 0.3) is 0 Å². The maximum atomic E-state index is 9.61. The summed E-state index contributed by atoms with van der Waals surface area (Å²) >= 11 is 0. The second-order valence-corrected chi connectivity index (χ2v) is 5.73. The first kappa shape index (κ1) is 15.7. The van der Waals surface area contributed by atoms with E-state index >= 15 is 0 Å². The van der Waals surface area contributed by atoms with Crippen LogP contribution in [0.3, 0.4) is 0 Å². The van der Waals surface area contributed by atoms with Crippen molar-refractivity contribution in [2.24, 2.45) is 0 Å². The van der Waals surface area contributed by atoms with Gasteiger partial charge in [0.2, 0.25) is 0 Å². The van der Waals surface area contributed by atoms with Crippen molar-refractivity contribution in [3.05, 3.63) is 66.2 Å². The minimum Gasteiger partial charge on any atom is -0.497 e. The van der Waals surface area contributed by atoms with E-state index in [-0.39, 0.29) is 5.82 Å². The number of fused-ring (bicyclic) bond motifs is 1. The molecule has 0 aliphatic carbocycles. The largest absolute Gasteiger partial charge is 0.497 e. The standard InChI is InChI=1S/C20H15N5O/c1-26-15-9-7-14(8-10-15)19-16(12-21)20(22)23-18-11-17(24-25(18)19)13-5-3-2-4-6-13/h2-11H,1H3,(H2,22,23). The van der Waals surface area contributed by atoms with Crippen LogP contribution < -0.4 is 10.5 Å². The zero-order valence-corrected chi connectivity index (χ0v) is 14.0. The van der Waals surface area contributed by atoms with Crippen molar-refractivity contribution >= 4 is 11.5 Å². The molecule has 6 heteroatoms. The van der Waals surface area contributed by atoms with Gasteiger partial charge in [-0.2, -0.15) is 10.4 Å². The fourth-order valence-corrected chi connectivity index (χ4v) is 2.90. The van der Waals surface area contributed by atoms with E-state index in [0.29, 0.717) is 16.9 Å². The number of ether oxygens (including phenoxy) is 1. The van der Waals surface area contributed by atoms with Crippen molar-refractivity contribution in [2.45, 2.75) is 0 Å². The third-order valence-electron chi connectivity index (χ3n) is 4.18. The normalized spacial score (nSPS) is 10.6. The predicted molar refractivity (Wildman–Crippen MR) is 99.5 cm³/mol. The van der Waals surface area contributed by atoms with Gasteiger partial charge in [0, 0.05) is 17.2 Å². The molecule has 26 heavy (non-hydrogen) atoms. The molecule has 0 bridgehead atoms. The minimum absolute atomic E-state index is 0.185. The molecule has 2 aromatic carbocycles. The van der Waals surface area contributed by atoms with E-state index in [1.54, 1.807) is 11.6 Å². The molecule has 2 aromatic heterocycles. The van der Waals surface area contributed by atoms with Crippen LogP contribution in [0, 0.1) is 11.3 Å². The van der Waals surface area contributed by atoms with Crippen molar-refractivity contribution in [1.29, 1.82) is 5.26 Å². The molecule has 0 unspecified atom stereocenters. The van der Waals surface area contributed by atoms with E-state index in [1.165, 1.54) is 0 Å². The van der Waals surface area contributed by atoms with Gasteiger partial charge in [-0.15, -0.1) is 0 Å². The second kappa shape index (κ2) is 6.22. The lowest BCUT2D eigenvalue weighted by Gasteiger charge is -2.10. The maximum Gasteiger partial charge on any atom is 0.158 e. The highest BCUT2D eigenvalue weighted by atomic mass is 16.5. The highest BCUT2D eigenvalue weighted by molar-refractivity contribution is 5.77. The first-order valence-electron chi connectivity index (χ1n) is 8.00. The minimum atomic E-state index is 0.185. The van der Waals surface area contributed by atoms with Crippen LogP contribution in [-0.2, 0) is 0 Å². The monoisotopic (exact) mass is 341 g/mol. The van der Waals surface area contributed by atoms with Crippen molar-refractivity contribution in [2.75, 3.05) is 12.8 Å². The zero-order valence-electron chi connectivity index (χ0n) is 14.0. The van der Waals surface area contributed by atoms with Gasteiger partial charge in [-0.05, 0) is 24.3 Å². The molecule has 6 nitrogen and oxygen atoms in total. The second-order valence-electron chi connectivity index (χ2n) is 5.73. The Bertz CT molecular complexity index is 1130. The van der Waals surface area contributed by atoms with Crippen LogP contribution in [0.1, 0.15) is 5.56 Å². The maximum absolute atomic E-state index is 9.61. The van der Waals surface area contributed by atoms with Crippen molar-refractivity contribution < 1.29 is 4.74 Å². The Morgan fingerprint density at radius 1 is 1.04 bits per heavy atom. The Balaban J connectivity index is 1.99. The lowest BCUT2D eigenvalue weighted by atomic mass is 10.1. The number of nitriles is 1. The summed E-state index contributed by atoms with van der Waals surface area (Å²) in [5, 5.41) is 14.3. The first-order valence-corrected chi connectivity index (χ1v) is 8.00. The number of aromatic nitrogens is 3. The number of hydrogen-bond acceptors (Lipinski definition) is 5. The number of rotatable bonds is 3. The molecule has 0 fully saturated rings. The molecule has 2 N–H and O–H groups in total. The first-order chi connectivity index (χ1) is 12.7. The van der Waals surface area contributed by atoms with Gasteiger partial charge < -0.3 is 10.5 Å². The van der Waals surface area contributed by atoms with Gasteiger partial charge in [-0.3, -0.25) is 0 Å². The number of methoxy groups -OCH3 is 1. The number of nitrogens with zero attached hydrogens (tertiary/aromatic N) is 4. The molecule has 4 aromatic rings. The van der Waals surface area contributed by atoms with Crippen LogP contribution in [0.5, 0.6) is 5.75 Å². The fraction of sp³-hybridized carbons (Fsp3) is 0.0500. The van der Waals surface area contributed by atoms with E-state index < -0.39 is 0 Å². The summed E-state index contributed by atoms with van der Waals surface area (Å²) in [6.07, 6.45) is 0. The van der Waals surface area contributed by atoms with Gasteiger partial charge in [-0.1, -0.05) is 30.3 Å². The van der Waals surface area contributed by atoms with Gasteiger partial charge in [-0.25, -0.2) is 9.50 Å². The van der Waals surface area contributed by atoms with E-state index in [1.807, 2.05) is 60.7 Å². The number of nitrogen functional groups attached to an aromatic ring is 1. The Morgan fingerprint density at radius 3 is 2.42 bits per heavy atom. The molecular formula is C20H15N5O.